The Balaban J connectivity index is 1.76. The first-order valence-corrected chi connectivity index (χ1v) is 7.61. The van der Waals surface area contributed by atoms with Crippen molar-refractivity contribution in [3.63, 3.8) is 0 Å². The lowest BCUT2D eigenvalue weighted by Gasteiger charge is -2.06. The van der Waals surface area contributed by atoms with Gasteiger partial charge in [0.25, 0.3) is 0 Å². The number of benzene rings is 1. The molecule has 2 rings (SSSR count). The molecule has 2 N–H and O–H groups in total. The summed E-state index contributed by atoms with van der Waals surface area (Å²) in [7, 11) is 0. The molecule has 19 heavy (non-hydrogen) atoms. The molecule has 3 nitrogen and oxygen atoms in total. The average molecular weight is 339 g/mol. The first-order valence-electron chi connectivity index (χ1n) is 5.93. The van der Waals surface area contributed by atoms with Gasteiger partial charge in [-0.2, -0.15) is 0 Å². The summed E-state index contributed by atoms with van der Waals surface area (Å²) in [5.74, 6) is -0.0266. The zero-order valence-corrected chi connectivity index (χ0v) is 13.0. The van der Waals surface area contributed by atoms with E-state index in [0.29, 0.717) is 13.1 Å². The Labute approximate surface area is 125 Å². The van der Waals surface area contributed by atoms with Crippen LogP contribution in [0.25, 0.3) is 0 Å². The highest BCUT2D eigenvalue weighted by Gasteiger charge is 2.03. The Hall–Kier alpha value is -1.17. The summed E-state index contributed by atoms with van der Waals surface area (Å²) in [5, 5.41) is 8.03. The summed E-state index contributed by atoms with van der Waals surface area (Å²) >= 11 is 5.07. The van der Waals surface area contributed by atoms with Crippen LogP contribution in [0.2, 0.25) is 0 Å². The summed E-state index contributed by atoms with van der Waals surface area (Å²) in [6.07, 6.45) is 0. The van der Waals surface area contributed by atoms with E-state index < -0.39 is 0 Å². The minimum atomic E-state index is -0.0266. The van der Waals surface area contributed by atoms with Crippen LogP contribution in [0.1, 0.15) is 10.4 Å². The van der Waals surface area contributed by atoms with Crippen LogP contribution >= 0.6 is 27.3 Å². The Morgan fingerprint density at radius 1 is 1.37 bits per heavy atom. The Morgan fingerprint density at radius 3 is 2.89 bits per heavy atom. The standard InChI is InChI=1S/C14H15BrN2OS/c1-10-3-2-4-12(5-10)17-14(18)8-16-7-13-6-11(15)9-19-13/h2-6,9,16H,7-8H2,1H3,(H,17,18). The number of carbonyl (C=O) groups excluding carboxylic acids is 1. The molecule has 2 aromatic rings. The third-order valence-corrected chi connectivity index (χ3v) is 4.21. The lowest BCUT2D eigenvalue weighted by molar-refractivity contribution is -0.115. The van der Waals surface area contributed by atoms with Gasteiger partial charge in [0, 0.05) is 27.0 Å². The van der Waals surface area contributed by atoms with Crippen LogP contribution in [0.4, 0.5) is 5.69 Å². The second-order valence-corrected chi connectivity index (χ2v) is 6.16. The smallest absolute Gasteiger partial charge is 0.238 e. The van der Waals surface area contributed by atoms with Gasteiger partial charge in [-0.15, -0.1) is 11.3 Å². The summed E-state index contributed by atoms with van der Waals surface area (Å²) in [6.45, 7) is 3.02. The number of carbonyl (C=O) groups is 1. The molecule has 0 unspecified atom stereocenters. The lowest BCUT2D eigenvalue weighted by Crippen LogP contribution is -2.27. The fourth-order valence-corrected chi connectivity index (χ4v) is 3.09. The second kappa shape index (κ2) is 6.84. The molecule has 5 heteroatoms. The van der Waals surface area contributed by atoms with Crippen molar-refractivity contribution >= 4 is 38.9 Å². The average Bonchev–Trinajstić information content (AvgIpc) is 2.75. The second-order valence-electron chi connectivity index (χ2n) is 4.25. The predicted octanol–water partition coefficient (Wildman–Crippen LogP) is 3.55. The molecule has 0 bridgehead atoms. The Morgan fingerprint density at radius 2 is 2.21 bits per heavy atom. The first-order chi connectivity index (χ1) is 9.13. The highest BCUT2D eigenvalue weighted by molar-refractivity contribution is 9.10. The minimum absolute atomic E-state index is 0.0266. The van der Waals surface area contributed by atoms with Crippen molar-refractivity contribution < 1.29 is 4.79 Å². The highest BCUT2D eigenvalue weighted by Crippen LogP contribution is 2.19. The minimum Gasteiger partial charge on any atom is -0.325 e. The van der Waals surface area contributed by atoms with E-state index in [1.54, 1.807) is 11.3 Å². The van der Waals surface area contributed by atoms with Crippen molar-refractivity contribution in [3.8, 4) is 0 Å². The van der Waals surface area contributed by atoms with E-state index in [1.807, 2.05) is 36.6 Å². The topological polar surface area (TPSA) is 41.1 Å². The Bertz CT molecular complexity index is 568. The maximum atomic E-state index is 11.7. The molecule has 1 heterocycles. The van der Waals surface area contributed by atoms with E-state index in [2.05, 4.69) is 32.6 Å². The highest BCUT2D eigenvalue weighted by atomic mass is 79.9. The molecule has 1 aromatic carbocycles. The Kier molecular flexibility index (Phi) is 5.13. The van der Waals surface area contributed by atoms with Crippen LogP contribution in [0, 0.1) is 6.92 Å². The number of amides is 1. The van der Waals surface area contributed by atoms with Gasteiger partial charge in [-0.25, -0.2) is 0 Å². The van der Waals surface area contributed by atoms with Crippen molar-refractivity contribution in [1.82, 2.24) is 5.32 Å². The van der Waals surface area contributed by atoms with Crippen LogP contribution in [0.15, 0.2) is 40.2 Å². The summed E-state index contributed by atoms with van der Waals surface area (Å²) in [5.41, 5.74) is 1.97. The summed E-state index contributed by atoms with van der Waals surface area (Å²) in [6, 6.07) is 9.83. The van der Waals surface area contributed by atoms with Crippen molar-refractivity contribution in [1.29, 1.82) is 0 Å². The summed E-state index contributed by atoms with van der Waals surface area (Å²) in [4.78, 5) is 12.9. The molecule has 0 fully saturated rings. The van der Waals surface area contributed by atoms with E-state index >= 15 is 0 Å². The monoisotopic (exact) mass is 338 g/mol. The van der Waals surface area contributed by atoms with Crippen LogP contribution in [0.3, 0.4) is 0 Å². The van der Waals surface area contributed by atoms with Gasteiger partial charge in [0.05, 0.1) is 6.54 Å². The molecule has 0 atom stereocenters. The molecule has 1 amide bonds. The zero-order chi connectivity index (χ0) is 13.7. The lowest BCUT2D eigenvalue weighted by atomic mass is 10.2. The molecule has 0 radical (unpaired) electrons. The number of hydrogen-bond acceptors (Lipinski definition) is 3. The van der Waals surface area contributed by atoms with Crippen LogP contribution in [0.5, 0.6) is 0 Å². The number of anilines is 1. The maximum Gasteiger partial charge on any atom is 0.238 e. The third kappa shape index (κ3) is 4.78. The number of hydrogen-bond donors (Lipinski definition) is 2. The van der Waals surface area contributed by atoms with Gasteiger partial charge in [0.15, 0.2) is 0 Å². The number of halogens is 1. The van der Waals surface area contributed by atoms with Gasteiger partial charge in [0.1, 0.15) is 0 Å². The first kappa shape index (κ1) is 14.2. The van der Waals surface area contributed by atoms with E-state index in [-0.39, 0.29) is 5.91 Å². The van der Waals surface area contributed by atoms with Gasteiger partial charge in [0.2, 0.25) is 5.91 Å². The molecule has 100 valence electrons. The van der Waals surface area contributed by atoms with Gasteiger partial charge >= 0.3 is 0 Å². The maximum absolute atomic E-state index is 11.7. The van der Waals surface area contributed by atoms with E-state index in [9.17, 15) is 4.79 Å². The zero-order valence-electron chi connectivity index (χ0n) is 10.6. The van der Waals surface area contributed by atoms with Gasteiger partial charge < -0.3 is 10.6 Å². The molecule has 1 aromatic heterocycles. The number of nitrogens with one attached hydrogen (secondary N) is 2. The quantitative estimate of drug-likeness (QED) is 0.875. The van der Waals surface area contributed by atoms with Crippen molar-refractivity contribution in [3.05, 3.63) is 50.6 Å². The largest absolute Gasteiger partial charge is 0.325 e. The fraction of sp³-hybridized carbons (Fsp3) is 0.214. The molecular weight excluding hydrogens is 324 g/mol. The van der Waals surface area contributed by atoms with Gasteiger partial charge in [-0.1, -0.05) is 12.1 Å². The molecule has 0 aliphatic carbocycles. The number of rotatable bonds is 5. The van der Waals surface area contributed by atoms with Crippen molar-refractivity contribution in [2.45, 2.75) is 13.5 Å². The number of aryl methyl sites for hydroxylation is 1. The third-order valence-electron chi connectivity index (χ3n) is 2.51. The van der Waals surface area contributed by atoms with Crippen LogP contribution in [-0.2, 0) is 11.3 Å². The van der Waals surface area contributed by atoms with Crippen LogP contribution < -0.4 is 10.6 Å². The van der Waals surface area contributed by atoms with Gasteiger partial charge in [-0.05, 0) is 46.6 Å². The summed E-state index contributed by atoms with van der Waals surface area (Å²) < 4.78 is 1.08. The van der Waals surface area contributed by atoms with E-state index in [0.717, 1.165) is 15.7 Å². The molecule has 0 saturated heterocycles. The van der Waals surface area contributed by atoms with E-state index in [4.69, 9.17) is 0 Å². The molecule has 0 saturated carbocycles. The fourth-order valence-electron chi connectivity index (χ4n) is 1.67. The SMILES string of the molecule is Cc1cccc(NC(=O)CNCc2cc(Br)cs2)c1. The van der Waals surface area contributed by atoms with Crippen LogP contribution in [-0.4, -0.2) is 12.5 Å². The molecule has 0 aliphatic heterocycles. The van der Waals surface area contributed by atoms with Gasteiger partial charge in [-0.3, -0.25) is 4.79 Å². The number of thiophene rings is 1. The van der Waals surface area contributed by atoms with Crippen molar-refractivity contribution in [2.24, 2.45) is 0 Å². The molecule has 0 aliphatic rings. The molecular formula is C14H15BrN2OS. The van der Waals surface area contributed by atoms with Crippen molar-refractivity contribution in [2.75, 3.05) is 11.9 Å². The molecule has 0 spiro atoms. The predicted molar refractivity (Wildman–Crippen MR) is 83.5 cm³/mol. The normalized spacial score (nSPS) is 10.4. The van der Waals surface area contributed by atoms with E-state index in [1.165, 1.54) is 4.88 Å².